The van der Waals surface area contributed by atoms with Crippen LogP contribution in [0.25, 0.3) is 0 Å². The predicted molar refractivity (Wildman–Crippen MR) is 234 cm³/mol. The number of carbonyl (C=O) groups is 4. The molecule has 8 nitrogen and oxygen atoms in total. The minimum Gasteiger partial charge on any atom is -0.457 e. The molecule has 3 atom stereocenters. The average molecular weight is 806 g/mol. The van der Waals surface area contributed by atoms with Crippen LogP contribution < -0.4 is 15.9 Å². The van der Waals surface area contributed by atoms with Gasteiger partial charge in [0.25, 0.3) is 0 Å². The van der Waals surface area contributed by atoms with E-state index in [0.29, 0.717) is 11.1 Å². The largest absolute Gasteiger partial charge is 0.457 e. The summed E-state index contributed by atoms with van der Waals surface area (Å²) in [6.45, 7) is 18.5. The second kappa shape index (κ2) is 17.4. The van der Waals surface area contributed by atoms with Crippen molar-refractivity contribution in [2.45, 2.75) is 90.8 Å². The minimum absolute atomic E-state index is 0.0787. The van der Waals surface area contributed by atoms with Crippen molar-refractivity contribution >= 4 is 60.2 Å². The van der Waals surface area contributed by atoms with Crippen LogP contribution in [0, 0.1) is 5.92 Å². The number of esters is 2. The van der Waals surface area contributed by atoms with E-state index in [0.717, 1.165) is 15.9 Å². The van der Waals surface area contributed by atoms with Crippen molar-refractivity contribution in [3.05, 3.63) is 139 Å². The molecule has 0 aromatic heterocycles. The molecule has 1 amide bonds. The molecule has 0 radical (unpaired) electrons. The standard InChI is InChI=1S/C47H56NO7PSi/c1-11-31-53-45(52)43(56(36-21-15-12-16-22-36,37-23-17-13-18-24-37)38-25-19-14-20-26-38)48-39(41(42(48)50)33(2)55-57(9,10)47(6,7)8)32-40(49)34-27-29-35(30-28-34)44(51)54-46(3,4)5/h11-30,33,39,41H,1,31-32H2,2-10H3. The minimum atomic E-state index is -3.21. The number of β-lactam (4-membered cyclic amide) rings is 1. The first-order chi connectivity index (χ1) is 26.8. The van der Waals surface area contributed by atoms with Crippen LogP contribution in [0.1, 0.15) is 75.6 Å². The van der Waals surface area contributed by atoms with E-state index in [2.05, 4.69) is 40.4 Å². The van der Waals surface area contributed by atoms with Crippen LogP contribution in [0.4, 0.5) is 0 Å². The number of rotatable bonds is 14. The van der Waals surface area contributed by atoms with Gasteiger partial charge < -0.3 is 18.8 Å². The van der Waals surface area contributed by atoms with Crippen LogP contribution in [0.15, 0.2) is 128 Å². The summed E-state index contributed by atoms with van der Waals surface area (Å²) in [5.41, 5.74) is 0.193. The normalized spacial score (nSPS) is 16.6. The summed E-state index contributed by atoms with van der Waals surface area (Å²) in [7, 11) is -2.40. The van der Waals surface area contributed by atoms with Gasteiger partial charge in [0.05, 0.1) is 23.6 Å². The zero-order chi connectivity index (χ0) is 41.8. The highest BCUT2D eigenvalue weighted by Gasteiger charge is 2.57. The van der Waals surface area contributed by atoms with Crippen LogP contribution in [-0.4, -0.2) is 66.6 Å². The van der Waals surface area contributed by atoms with Crippen LogP contribution in [0.3, 0.4) is 0 Å². The van der Waals surface area contributed by atoms with Gasteiger partial charge in [-0.1, -0.05) is 137 Å². The molecule has 4 aromatic carbocycles. The Morgan fingerprint density at radius 1 is 0.772 bits per heavy atom. The fourth-order valence-electron chi connectivity index (χ4n) is 7.08. The Labute approximate surface area is 339 Å². The van der Waals surface area contributed by atoms with Crippen molar-refractivity contribution in [1.29, 1.82) is 0 Å². The summed E-state index contributed by atoms with van der Waals surface area (Å²) in [6.07, 6.45) is 0.829. The maximum atomic E-state index is 15.1. The third kappa shape index (κ3) is 9.17. The molecule has 300 valence electrons. The number of Topliss-reactive ketones (excluding diaryl/α,β-unsaturated/α-hetero) is 1. The Balaban J connectivity index is 1.77. The summed E-state index contributed by atoms with van der Waals surface area (Å²) < 4.78 is 18.3. The van der Waals surface area contributed by atoms with Crippen molar-refractivity contribution in [3.8, 4) is 0 Å². The topological polar surface area (TPSA) is 99.2 Å². The maximum absolute atomic E-state index is 15.1. The molecule has 1 heterocycles. The van der Waals surface area contributed by atoms with Gasteiger partial charge in [0.15, 0.2) is 14.1 Å². The number of nitrogens with zero attached hydrogens (tertiary/aromatic N) is 1. The summed E-state index contributed by atoms with van der Waals surface area (Å²) >= 11 is 0. The van der Waals surface area contributed by atoms with Gasteiger partial charge in [0.1, 0.15) is 17.6 Å². The molecule has 1 aliphatic rings. The number of hydrogen-bond donors (Lipinski definition) is 0. The van der Waals surface area contributed by atoms with E-state index >= 15 is 4.79 Å². The number of ketones is 1. The Morgan fingerprint density at radius 2 is 1.23 bits per heavy atom. The Hall–Kier alpha value is -4.82. The smallest absolute Gasteiger partial charge is 0.356 e. The molecule has 0 saturated carbocycles. The highest BCUT2D eigenvalue weighted by molar-refractivity contribution is 7.96. The van der Waals surface area contributed by atoms with Gasteiger partial charge in [0, 0.05) is 18.9 Å². The van der Waals surface area contributed by atoms with Crippen LogP contribution in [-0.2, 0) is 23.5 Å². The summed E-state index contributed by atoms with van der Waals surface area (Å²) in [6, 6.07) is 34.9. The lowest BCUT2D eigenvalue weighted by atomic mass is 9.79. The first-order valence-electron chi connectivity index (χ1n) is 19.4. The van der Waals surface area contributed by atoms with Crippen LogP contribution >= 0.6 is 6.89 Å². The SMILES string of the molecule is C=CCOC(=O)C(N1C(=O)C(C(C)O[Si](C)(C)C(C)(C)C)C1CC(=O)c1ccc(C(=O)OC(C)(C)C)cc1)=P(c1ccccc1)(c1ccccc1)c1ccccc1. The molecule has 1 saturated heterocycles. The van der Waals surface area contributed by atoms with Gasteiger partial charge in [-0.25, -0.2) is 9.59 Å². The lowest BCUT2D eigenvalue weighted by Crippen LogP contribution is -2.69. The Bertz CT molecular complexity index is 2030. The zero-order valence-corrected chi connectivity index (χ0v) is 36.5. The summed E-state index contributed by atoms with van der Waals surface area (Å²) in [5.74, 6) is -2.45. The number of likely N-dealkylation sites (tertiary alicyclic amines) is 1. The third-order valence-electron chi connectivity index (χ3n) is 10.8. The van der Waals surface area contributed by atoms with E-state index in [9.17, 15) is 14.4 Å². The summed E-state index contributed by atoms with van der Waals surface area (Å²) in [4.78, 5) is 58.9. The quantitative estimate of drug-likeness (QED) is 0.0316. The fraction of sp³-hybridized carbons (Fsp3) is 0.340. The van der Waals surface area contributed by atoms with E-state index in [4.69, 9.17) is 13.9 Å². The summed E-state index contributed by atoms with van der Waals surface area (Å²) in [5, 5.41) is 2.39. The molecule has 0 aliphatic carbocycles. The molecule has 4 aromatic rings. The highest BCUT2D eigenvalue weighted by Crippen LogP contribution is 2.51. The lowest BCUT2D eigenvalue weighted by Gasteiger charge is -2.53. The highest BCUT2D eigenvalue weighted by atomic mass is 31.2. The first-order valence-corrected chi connectivity index (χ1v) is 24.1. The Kier molecular flexibility index (Phi) is 13.2. The van der Waals surface area contributed by atoms with E-state index in [-0.39, 0.29) is 35.2 Å². The van der Waals surface area contributed by atoms with E-state index in [1.807, 2.05) is 97.9 Å². The molecular weight excluding hydrogens is 750 g/mol. The van der Waals surface area contributed by atoms with E-state index in [1.165, 1.54) is 6.08 Å². The molecule has 0 spiro atoms. The van der Waals surface area contributed by atoms with Crippen molar-refractivity contribution in [1.82, 2.24) is 4.90 Å². The first kappa shape index (κ1) is 43.3. The van der Waals surface area contributed by atoms with Gasteiger partial charge in [-0.2, -0.15) is 0 Å². The molecule has 57 heavy (non-hydrogen) atoms. The van der Waals surface area contributed by atoms with Crippen molar-refractivity contribution in [3.63, 3.8) is 0 Å². The monoisotopic (exact) mass is 805 g/mol. The second-order valence-electron chi connectivity index (χ2n) is 17.0. The van der Waals surface area contributed by atoms with Gasteiger partial charge in [-0.15, -0.1) is 0 Å². The lowest BCUT2D eigenvalue weighted by molar-refractivity contribution is -0.156. The number of amides is 1. The second-order valence-corrected chi connectivity index (χ2v) is 25.1. The number of carbonyl (C=O) groups excluding carboxylic acids is 4. The molecule has 5 rings (SSSR count). The van der Waals surface area contributed by atoms with E-state index in [1.54, 1.807) is 49.9 Å². The number of ether oxygens (including phenoxy) is 2. The van der Waals surface area contributed by atoms with Gasteiger partial charge >= 0.3 is 11.9 Å². The van der Waals surface area contributed by atoms with Crippen molar-refractivity contribution < 1.29 is 33.1 Å². The molecule has 3 unspecified atom stereocenters. The number of hydrogen-bond acceptors (Lipinski definition) is 7. The van der Waals surface area contributed by atoms with Crippen LogP contribution in [0.2, 0.25) is 18.1 Å². The molecule has 1 aliphatic heterocycles. The molecule has 10 heteroatoms. The average Bonchev–Trinajstić information content (AvgIpc) is 3.16. The molecule has 0 bridgehead atoms. The third-order valence-corrected chi connectivity index (χ3v) is 19.6. The molecular formula is C47H56NO7PSi. The maximum Gasteiger partial charge on any atom is 0.356 e. The van der Waals surface area contributed by atoms with Gasteiger partial charge in [-0.3, -0.25) is 9.59 Å². The molecule has 1 fully saturated rings. The van der Waals surface area contributed by atoms with Crippen LogP contribution in [0.5, 0.6) is 0 Å². The number of benzene rings is 4. The van der Waals surface area contributed by atoms with E-state index < -0.39 is 50.8 Å². The zero-order valence-electron chi connectivity index (χ0n) is 34.7. The van der Waals surface area contributed by atoms with Gasteiger partial charge in [-0.05, 0) is 73.9 Å². The van der Waals surface area contributed by atoms with Gasteiger partial charge in [0.2, 0.25) is 5.91 Å². The Morgan fingerprint density at radius 3 is 1.65 bits per heavy atom. The fourth-order valence-corrected chi connectivity index (χ4v) is 12.9. The van der Waals surface area contributed by atoms with Crippen molar-refractivity contribution in [2.75, 3.05) is 6.61 Å². The molecule has 0 N–H and O–H groups in total. The predicted octanol–water partition coefficient (Wildman–Crippen LogP) is 8.31. The van der Waals surface area contributed by atoms with Crippen molar-refractivity contribution in [2.24, 2.45) is 5.92 Å².